The fourth-order valence-corrected chi connectivity index (χ4v) is 1.78. The second kappa shape index (κ2) is 4.14. The molecule has 0 saturated carbocycles. The van der Waals surface area contributed by atoms with Crippen molar-refractivity contribution in [2.24, 2.45) is 5.92 Å². The predicted octanol–water partition coefficient (Wildman–Crippen LogP) is 1.86. The Morgan fingerprint density at radius 1 is 1.33 bits per heavy atom. The van der Waals surface area contributed by atoms with Gasteiger partial charge in [-0.1, -0.05) is 18.2 Å². The quantitative estimate of drug-likeness (QED) is 0.814. The summed E-state index contributed by atoms with van der Waals surface area (Å²) < 4.78 is 29.9. The molecule has 2 nitrogen and oxygen atoms in total. The molecule has 0 radical (unpaired) electrons. The molecule has 0 amide bonds. The van der Waals surface area contributed by atoms with Crippen molar-refractivity contribution in [1.29, 1.82) is 0 Å². The van der Waals surface area contributed by atoms with E-state index in [0.29, 0.717) is 6.42 Å². The van der Waals surface area contributed by atoms with E-state index in [-0.39, 0.29) is 6.61 Å². The smallest absolute Gasteiger partial charge is 0.264 e. The normalized spacial score (nSPS) is 22.0. The van der Waals surface area contributed by atoms with Gasteiger partial charge in [-0.2, -0.15) is 0 Å². The second-order valence-corrected chi connectivity index (χ2v) is 3.71. The topological polar surface area (TPSA) is 29.5 Å². The Bertz CT molecular complexity index is 341. The van der Waals surface area contributed by atoms with Crippen LogP contribution < -0.4 is 4.74 Å². The summed E-state index contributed by atoms with van der Waals surface area (Å²) >= 11 is 0. The van der Waals surface area contributed by atoms with E-state index in [1.807, 2.05) is 18.2 Å². The first kappa shape index (κ1) is 10.4. The van der Waals surface area contributed by atoms with Crippen molar-refractivity contribution in [3.8, 4) is 5.75 Å². The van der Waals surface area contributed by atoms with Gasteiger partial charge in [-0.05, 0) is 18.1 Å². The zero-order chi connectivity index (χ0) is 10.8. The first-order chi connectivity index (χ1) is 7.18. The van der Waals surface area contributed by atoms with Crippen molar-refractivity contribution < 1.29 is 18.6 Å². The molecule has 0 aromatic heterocycles. The Kier molecular flexibility index (Phi) is 2.86. The lowest BCUT2D eigenvalue weighted by Crippen LogP contribution is -2.36. The molecule has 1 aliphatic rings. The lowest BCUT2D eigenvalue weighted by Gasteiger charge is -2.28. The van der Waals surface area contributed by atoms with Crippen LogP contribution in [-0.2, 0) is 6.42 Å². The van der Waals surface area contributed by atoms with Crippen LogP contribution in [0, 0.1) is 5.92 Å². The van der Waals surface area contributed by atoms with Gasteiger partial charge in [0.2, 0.25) is 0 Å². The number of para-hydroxylation sites is 1. The van der Waals surface area contributed by atoms with Crippen molar-refractivity contribution in [2.75, 3.05) is 6.61 Å². The Labute approximate surface area is 86.5 Å². The van der Waals surface area contributed by atoms with E-state index in [0.717, 1.165) is 11.3 Å². The van der Waals surface area contributed by atoms with Gasteiger partial charge < -0.3 is 9.84 Å². The third kappa shape index (κ3) is 2.09. The summed E-state index contributed by atoms with van der Waals surface area (Å²) in [5, 5.41) is 9.25. The van der Waals surface area contributed by atoms with E-state index < -0.39 is 18.4 Å². The highest BCUT2D eigenvalue weighted by atomic mass is 19.3. The van der Waals surface area contributed by atoms with Crippen LogP contribution in [0.15, 0.2) is 24.3 Å². The Morgan fingerprint density at radius 2 is 2.07 bits per heavy atom. The summed E-state index contributed by atoms with van der Waals surface area (Å²) in [6, 6.07) is 7.31. The number of ether oxygens (including phenoxy) is 1. The van der Waals surface area contributed by atoms with Crippen molar-refractivity contribution in [3.63, 3.8) is 0 Å². The van der Waals surface area contributed by atoms with Crippen LogP contribution in [0.25, 0.3) is 0 Å². The summed E-state index contributed by atoms with van der Waals surface area (Å²) in [7, 11) is 0. The summed E-state index contributed by atoms with van der Waals surface area (Å²) in [6.45, 7) is 0.155. The van der Waals surface area contributed by atoms with Gasteiger partial charge in [0.15, 0.2) is 0 Å². The van der Waals surface area contributed by atoms with Crippen LogP contribution in [0.5, 0.6) is 5.75 Å². The molecule has 1 aliphatic heterocycles. The molecular weight excluding hydrogens is 202 g/mol. The lowest BCUT2D eigenvalue weighted by molar-refractivity contribution is -0.0522. The monoisotopic (exact) mass is 214 g/mol. The van der Waals surface area contributed by atoms with E-state index in [4.69, 9.17) is 4.74 Å². The van der Waals surface area contributed by atoms with Gasteiger partial charge in [0, 0.05) is 5.92 Å². The molecule has 1 aromatic carbocycles. The maximum atomic E-state index is 12.3. The first-order valence-corrected chi connectivity index (χ1v) is 4.85. The highest BCUT2D eigenvalue weighted by Gasteiger charge is 2.31. The molecule has 0 aliphatic carbocycles. The molecule has 2 unspecified atom stereocenters. The minimum atomic E-state index is -2.70. The number of aliphatic hydroxyl groups excluding tert-OH is 1. The largest absolute Gasteiger partial charge is 0.493 e. The number of halogens is 2. The van der Waals surface area contributed by atoms with Crippen LogP contribution in [0.1, 0.15) is 5.56 Å². The average molecular weight is 214 g/mol. The number of benzene rings is 1. The van der Waals surface area contributed by atoms with Crippen LogP contribution in [-0.4, -0.2) is 24.2 Å². The SMILES string of the molecule is OC(C(F)F)C1COc2ccccc2C1. The molecule has 0 spiro atoms. The van der Waals surface area contributed by atoms with E-state index in [9.17, 15) is 13.9 Å². The number of alkyl halides is 2. The zero-order valence-electron chi connectivity index (χ0n) is 8.07. The maximum Gasteiger partial charge on any atom is 0.264 e. The average Bonchev–Trinajstić information content (AvgIpc) is 2.27. The van der Waals surface area contributed by atoms with Gasteiger partial charge in [-0.25, -0.2) is 8.78 Å². The van der Waals surface area contributed by atoms with Crippen molar-refractivity contribution in [3.05, 3.63) is 29.8 Å². The lowest BCUT2D eigenvalue weighted by atomic mass is 9.92. The first-order valence-electron chi connectivity index (χ1n) is 4.85. The molecular formula is C11H12F2O2. The van der Waals surface area contributed by atoms with Crippen molar-refractivity contribution in [2.45, 2.75) is 19.0 Å². The molecule has 1 N–H and O–H groups in total. The van der Waals surface area contributed by atoms with E-state index in [1.165, 1.54) is 0 Å². The minimum Gasteiger partial charge on any atom is -0.493 e. The van der Waals surface area contributed by atoms with Gasteiger partial charge >= 0.3 is 0 Å². The second-order valence-electron chi connectivity index (χ2n) is 3.71. The van der Waals surface area contributed by atoms with E-state index in [2.05, 4.69) is 0 Å². The molecule has 0 saturated heterocycles. The molecule has 1 heterocycles. The van der Waals surface area contributed by atoms with Gasteiger partial charge in [0.25, 0.3) is 6.43 Å². The minimum absolute atomic E-state index is 0.155. The zero-order valence-corrected chi connectivity index (χ0v) is 8.07. The molecule has 82 valence electrons. The summed E-state index contributed by atoms with van der Waals surface area (Å²) in [5.74, 6) is 0.218. The van der Waals surface area contributed by atoms with Gasteiger partial charge in [0.1, 0.15) is 11.9 Å². The number of fused-ring (bicyclic) bond motifs is 1. The molecule has 2 atom stereocenters. The number of hydrogen-bond acceptors (Lipinski definition) is 2. The standard InChI is InChI=1S/C11H12F2O2/c12-11(13)10(14)8-5-7-3-1-2-4-9(7)15-6-8/h1-4,8,10-11,14H,5-6H2. The molecule has 2 rings (SSSR count). The van der Waals surface area contributed by atoms with E-state index >= 15 is 0 Å². The van der Waals surface area contributed by atoms with Crippen molar-refractivity contribution >= 4 is 0 Å². The third-order valence-electron chi connectivity index (χ3n) is 2.65. The third-order valence-corrected chi connectivity index (χ3v) is 2.65. The molecule has 15 heavy (non-hydrogen) atoms. The number of rotatable bonds is 2. The van der Waals surface area contributed by atoms with E-state index in [1.54, 1.807) is 6.07 Å². The summed E-state index contributed by atoms with van der Waals surface area (Å²) in [5.41, 5.74) is 0.883. The number of hydrogen-bond donors (Lipinski definition) is 1. The summed E-state index contributed by atoms with van der Waals surface area (Å²) in [4.78, 5) is 0. The molecule has 0 bridgehead atoms. The van der Waals surface area contributed by atoms with Gasteiger partial charge in [-0.15, -0.1) is 0 Å². The van der Waals surface area contributed by atoms with Gasteiger partial charge in [-0.3, -0.25) is 0 Å². The van der Waals surface area contributed by atoms with Crippen LogP contribution in [0.2, 0.25) is 0 Å². The fourth-order valence-electron chi connectivity index (χ4n) is 1.78. The molecule has 0 fully saturated rings. The van der Waals surface area contributed by atoms with Crippen LogP contribution >= 0.6 is 0 Å². The maximum absolute atomic E-state index is 12.3. The van der Waals surface area contributed by atoms with Gasteiger partial charge in [0.05, 0.1) is 6.61 Å². The fraction of sp³-hybridized carbons (Fsp3) is 0.455. The Morgan fingerprint density at radius 3 is 2.80 bits per heavy atom. The molecule has 1 aromatic rings. The highest BCUT2D eigenvalue weighted by Crippen LogP contribution is 2.29. The highest BCUT2D eigenvalue weighted by molar-refractivity contribution is 5.35. The Hall–Kier alpha value is -1.16. The summed E-state index contributed by atoms with van der Waals surface area (Å²) in [6.07, 6.45) is -3.86. The Balaban J connectivity index is 2.12. The van der Waals surface area contributed by atoms with Crippen LogP contribution in [0.3, 0.4) is 0 Å². The molecule has 4 heteroatoms. The predicted molar refractivity (Wildman–Crippen MR) is 51.1 cm³/mol. The number of aliphatic hydroxyl groups is 1. The van der Waals surface area contributed by atoms with Crippen molar-refractivity contribution in [1.82, 2.24) is 0 Å². The van der Waals surface area contributed by atoms with Crippen LogP contribution in [0.4, 0.5) is 8.78 Å².